The van der Waals surface area contributed by atoms with E-state index in [9.17, 15) is 0 Å². The molecule has 0 spiro atoms. The predicted molar refractivity (Wildman–Crippen MR) is 59.1 cm³/mol. The summed E-state index contributed by atoms with van der Waals surface area (Å²) < 4.78 is 11.1. The Kier molecular flexibility index (Phi) is 2.37. The van der Waals surface area contributed by atoms with E-state index in [0.29, 0.717) is 30.7 Å². The number of hydrogen-bond acceptors (Lipinski definition) is 5. The molecule has 1 fully saturated rings. The van der Waals surface area contributed by atoms with E-state index in [0.717, 1.165) is 5.82 Å². The van der Waals surface area contributed by atoms with Crippen LogP contribution in [0.2, 0.25) is 5.15 Å². The van der Waals surface area contributed by atoms with Crippen LogP contribution in [0.3, 0.4) is 0 Å². The second-order valence-corrected chi connectivity index (χ2v) is 4.43. The minimum atomic E-state index is 0.224. The van der Waals surface area contributed by atoms with Gasteiger partial charge in [-0.05, 0) is 6.92 Å². The van der Waals surface area contributed by atoms with E-state index in [1.54, 1.807) is 0 Å². The van der Waals surface area contributed by atoms with Crippen LogP contribution in [0.5, 0.6) is 5.75 Å². The number of fused-ring (bicyclic) bond motifs is 3. The Hall–Kier alpha value is -1.07. The Balaban J connectivity index is 2.06. The van der Waals surface area contributed by atoms with E-state index >= 15 is 0 Å². The first kappa shape index (κ1) is 10.1. The van der Waals surface area contributed by atoms with Crippen LogP contribution >= 0.6 is 11.6 Å². The molecule has 6 heteroatoms. The molecule has 0 N–H and O–H groups in total. The van der Waals surface area contributed by atoms with Gasteiger partial charge < -0.3 is 14.4 Å². The number of morpholine rings is 1. The van der Waals surface area contributed by atoms with Crippen molar-refractivity contribution in [2.75, 3.05) is 24.7 Å². The smallest absolute Gasteiger partial charge is 0.199 e. The van der Waals surface area contributed by atoms with Crippen LogP contribution in [0.25, 0.3) is 0 Å². The maximum atomic E-state index is 5.99. The molecule has 3 rings (SSSR count). The van der Waals surface area contributed by atoms with Crippen molar-refractivity contribution >= 4 is 17.4 Å². The number of halogens is 1. The molecule has 0 unspecified atom stereocenters. The molecule has 0 amide bonds. The SMILES string of the molecule is C[C@@H]1COC[C@H]2COc3c(Cl)ncnc3N21. The Bertz CT molecular complexity index is 415. The Morgan fingerprint density at radius 2 is 2.25 bits per heavy atom. The van der Waals surface area contributed by atoms with Crippen molar-refractivity contribution < 1.29 is 9.47 Å². The summed E-state index contributed by atoms with van der Waals surface area (Å²) in [5.74, 6) is 1.38. The number of hydrogen-bond donors (Lipinski definition) is 0. The van der Waals surface area contributed by atoms with Crippen molar-refractivity contribution in [3.8, 4) is 5.75 Å². The van der Waals surface area contributed by atoms with E-state index < -0.39 is 0 Å². The van der Waals surface area contributed by atoms with Crippen LogP contribution in [0.4, 0.5) is 5.82 Å². The molecule has 0 radical (unpaired) electrons. The van der Waals surface area contributed by atoms with Crippen LogP contribution in [0.15, 0.2) is 6.33 Å². The van der Waals surface area contributed by atoms with Crippen molar-refractivity contribution in [1.29, 1.82) is 0 Å². The molecule has 0 bridgehead atoms. The molecule has 0 saturated carbocycles. The molecular formula is C10H12ClN3O2. The molecule has 1 aromatic heterocycles. The molecule has 1 saturated heterocycles. The zero-order valence-electron chi connectivity index (χ0n) is 8.89. The van der Waals surface area contributed by atoms with E-state index in [1.165, 1.54) is 6.33 Å². The average molecular weight is 242 g/mol. The standard InChI is InChI=1S/C10H12ClN3O2/c1-6-2-15-3-7-4-16-8-9(11)12-5-13-10(8)14(6)7/h5-7H,2-4H2,1H3/t6-,7+/m1/s1. The summed E-state index contributed by atoms with van der Waals surface area (Å²) in [6.45, 7) is 4.06. The zero-order valence-corrected chi connectivity index (χ0v) is 9.65. The van der Waals surface area contributed by atoms with Gasteiger partial charge in [0.2, 0.25) is 0 Å². The summed E-state index contributed by atoms with van der Waals surface area (Å²) in [6, 6.07) is 0.509. The fraction of sp³-hybridized carbons (Fsp3) is 0.600. The summed E-state index contributed by atoms with van der Waals surface area (Å²) in [7, 11) is 0. The summed E-state index contributed by atoms with van der Waals surface area (Å²) in [5.41, 5.74) is 0. The van der Waals surface area contributed by atoms with Crippen molar-refractivity contribution in [2.45, 2.75) is 19.0 Å². The fourth-order valence-electron chi connectivity index (χ4n) is 2.24. The average Bonchev–Trinajstić information content (AvgIpc) is 2.29. The van der Waals surface area contributed by atoms with Crippen LogP contribution in [-0.4, -0.2) is 41.9 Å². The predicted octanol–water partition coefficient (Wildman–Crippen LogP) is 1.12. The lowest BCUT2D eigenvalue weighted by Crippen LogP contribution is -2.56. The largest absolute Gasteiger partial charge is 0.485 e. The first-order valence-electron chi connectivity index (χ1n) is 5.26. The van der Waals surface area contributed by atoms with Gasteiger partial charge >= 0.3 is 0 Å². The van der Waals surface area contributed by atoms with Gasteiger partial charge in [0.05, 0.1) is 25.3 Å². The van der Waals surface area contributed by atoms with E-state index in [4.69, 9.17) is 21.1 Å². The second kappa shape index (κ2) is 3.75. The third-order valence-electron chi connectivity index (χ3n) is 2.94. The van der Waals surface area contributed by atoms with Crippen LogP contribution in [0.1, 0.15) is 6.92 Å². The topological polar surface area (TPSA) is 47.5 Å². The lowest BCUT2D eigenvalue weighted by molar-refractivity contribution is 0.0486. The summed E-state index contributed by atoms with van der Waals surface area (Å²) in [5, 5.41) is 0.377. The van der Waals surface area contributed by atoms with Gasteiger partial charge in [-0.2, -0.15) is 0 Å². The fourth-order valence-corrected chi connectivity index (χ4v) is 2.42. The Morgan fingerprint density at radius 1 is 1.38 bits per heavy atom. The van der Waals surface area contributed by atoms with Crippen molar-refractivity contribution in [2.24, 2.45) is 0 Å². The first-order chi connectivity index (χ1) is 7.77. The highest BCUT2D eigenvalue weighted by molar-refractivity contribution is 6.31. The lowest BCUT2D eigenvalue weighted by Gasteiger charge is -2.44. The third-order valence-corrected chi connectivity index (χ3v) is 3.21. The highest BCUT2D eigenvalue weighted by Crippen LogP contribution is 2.38. The van der Waals surface area contributed by atoms with Crippen molar-refractivity contribution in [1.82, 2.24) is 9.97 Å². The van der Waals surface area contributed by atoms with E-state index in [1.807, 2.05) is 0 Å². The normalized spacial score (nSPS) is 28.0. The minimum absolute atomic E-state index is 0.224. The second-order valence-electron chi connectivity index (χ2n) is 4.08. The van der Waals surface area contributed by atoms with Gasteiger partial charge in [0.1, 0.15) is 12.9 Å². The van der Waals surface area contributed by atoms with E-state index in [-0.39, 0.29) is 12.1 Å². The molecule has 5 nitrogen and oxygen atoms in total. The van der Waals surface area contributed by atoms with E-state index in [2.05, 4.69) is 21.8 Å². The number of nitrogens with zero attached hydrogens (tertiary/aromatic N) is 3. The first-order valence-corrected chi connectivity index (χ1v) is 5.64. The summed E-state index contributed by atoms with van der Waals surface area (Å²) in [6.07, 6.45) is 1.47. The van der Waals surface area contributed by atoms with Crippen molar-refractivity contribution in [3.63, 3.8) is 0 Å². The van der Waals surface area contributed by atoms with Gasteiger partial charge in [-0.3, -0.25) is 0 Å². The number of anilines is 1. The van der Waals surface area contributed by atoms with Gasteiger partial charge in [-0.15, -0.1) is 0 Å². The molecule has 3 heterocycles. The minimum Gasteiger partial charge on any atom is -0.485 e. The third kappa shape index (κ3) is 1.43. The molecule has 2 atom stereocenters. The molecule has 16 heavy (non-hydrogen) atoms. The highest BCUT2D eigenvalue weighted by Gasteiger charge is 2.36. The lowest BCUT2D eigenvalue weighted by atomic mass is 10.1. The zero-order chi connectivity index (χ0) is 11.1. The number of ether oxygens (including phenoxy) is 2. The van der Waals surface area contributed by atoms with Gasteiger partial charge in [0, 0.05) is 0 Å². The maximum absolute atomic E-state index is 5.99. The molecule has 0 aromatic carbocycles. The Labute approximate surface area is 98.3 Å². The molecule has 86 valence electrons. The summed E-state index contributed by atoms with van der Waals surface area (Å²) >= 11 is 5.99. The van der Waals surface area contributed by atoms with Gasteiger partial charge in [0.15, 0.2) is 16.7 Å². The highest BCUT2D eigenvalue weighted by atomic mass is 35.5. The summed E-state index contributed by atoms with van der Waals surface area (Å²) in [4.78, 5) is 10.4. The monoisotopic (exact) mass is 241 g/mol. The maximum Gasteiger partial charge on any atom is 0.199 e. The molecule has 2 aliphatic rings. The number of aromatic nitrogens is 2. The molecule has 1 aromatic rings. The molecular weight excluding hydrogens is 230 g/mol. The molecule has 2 aliphatic heterocycles. The Morgan fingerprint density at radius 3 is 3.12 bits per heavy atom. The number of rotatable bonds is 0. The van der Waals surface area contributed by atoms with Gasteiger partial charge in [0.25, 0.3) is 0 Å². The van der Waals surface area contributed by atoms with Gasteiger partial charge in [-0.25, -0.2) is 9.97 Å². The van der Waals surface area contributed by atoms with Crippen LogP contribution in [0, 0.1) is 0 Å². The van der Waals surface area contributed by atoms with Crippen molar-refractivity contribution in [3.05, 3.63) is 11.5 Å². The quantitative estimate of drug-likeness (QED) is 0.637. The van der Waals surface area contributed by atoms with Crippen LogP contribution in [-0.2, 0) is 4.74 Å². The van der Waals surface area contributed by atoms with Gasteiger partial charge in [-0.1, -0.05) is 11.6 Å². The van der Waals surface area contributed by atoms with Crippen LogP contribution < -0.4 is 9.64 Å². The molecule has 0 aliphatic carbocycles.